The molecule has 0 bridgehead atoms. The first-order valence-electron chi connectivity index (χ1n) is 3.77. The Balaban J connectivity index is 2.15. The van der Waals surface area contributed by atoms with E-state index in [-0.39, 0.29) is 0 Å². The molecule has 1 heterocycles. The molecule has 68 valence electrons. The van der Waals surface area contributed by atoms with Crippen molar-refractivity contribution in [3.8, 4) is 0 Å². The highest BCUT2D eigenvalue weighted by atomic mass is 127. The number of halogens is 1. The zero-order valence-corrected chi connectivity index (χ0v) is 9.94. The summed E-state index contributed by atoms with van der Waals surface area (Å²) in [6, 6.07) is 3.99. The molecule has 0 aromatic carbocycles. The van der Waals surface area contributed by atoms with Crippen molar-refractivity contribution in [2.24, 2.45) is 0 Å². The molecule has 0 unspecified atom stereocenters. The molecule has 4 heteroatoms. The molecule has 0 saturated heterocycles. The molecule has 0 atom stereocenters. The van der Waals surface area contributed by atoms with Gasteiger partial charge in [-0.05, 0) is 41.0 Å². The van der Waals surface area contributed by atoms with Crippen LogP contribution in [0.1, 0.15) is 5.76 Å². The summed E-state index contributed by atoms with van der Waals surface area (Å²) >= 11 is 4.02. The second kappa shape index (κ2) is 5.88. The van der Waals surface area contributed by atoms with Gasteiger partial charge in [0.2, 0.25) is 0 Å². The average molecular weight is 297 g/mol. The van der Waals surface area contributed by atoms with Gasteiger partial charge in [-0.15, -0.1) is 0 Å². The molecule has 0 aliphatic carbocycles. The summed E-state index contributed by atoms with van der Waals surface area (Å²) < 4.78 is 6.33. The molecule has 12 heavy (non-hydrogen) atoms. The lowest BCUT2D eigenvalue weighted by atomic mass is 10.4. The summed E-state index contributed by atoms with van der Waals surface area (Å²) in [6.45, 7) is 1.88. The topological polar surface area (TPSA) is 25.2 Å². The van der Waals surface area contributed by atoms with Gasteiger partial charge in [-0.2, -0.15) is 11.8 Å². The first-order valence-corrected chi connectivity index (χ1v) is 6.24. The van der Waals surface area contributed by atoms with Crippen LogP contribution >= 0.6 is 34.4 Å². The van der Waals surface area contributed by atoms with E-state index in [0.29, 0.717) is 0 Å². The normalized spacial score (nSPS) is 10.5. The molecule has 0 fully saturated rings. The first kappa shape index (κ1) is 10.4. The molecule has 0 spiro atoms. The highest BCUT2D eigenvalue weighted by Crippen LogP contribution is 2.09. The van der Waals surface area contributed by atoms with Gasteiger partial charge in [0.15, 0.2) is 3.77 Å². The molecular weight excluding hydrogens is 285 g/mol. The van der Waals surface area contributed by atoms with Crippen molar-refractivity contribution in [1.82, 2.24) is 5.32 Å². The highest BCUT2D eigenvalue weighted by Gasteiger charge is 1.97. The van der Waals surface area contributed by atoms with E-state index < -0.39 is 0 Å². The Morgan fingerprint density at radius 3 is 3.00 bits per heavy atom. The smallest absolute Gasteiger partial charge is 0.164 e. The zero-order valence-electron chi connectivity index (χ0n) is 6.97. The average Bonchev–Trinajstić information content (AvgIpc) is 2.45. The van der Waals surface area contributed by atoms with Crippen LogP contribution in [-0.2, 0) is 6.54 Å². The van der Waals surface area contributed by atoms with Crippen LogP contribution in [0.15, 0.2) is 16.5 Å². The minimum absolute atomic E-state index is 0.837. The largest absolute Gasteiger partial charge is 0.454 e. The fraction of sp³-hybridized carbons (Fsp3) is 0.500. The number of thioether (sulfide) groups is 1. The maximum atomic E-state index is 5.38. The van der Waals surface area contributed by atoms with Gasteiger partial charge in [-0.3, -0.25) is 0 Å². The molecule has 0 aliphatic rings. The van der Waals surface area contributed by atoms with Crippen molar-refractivity contribution >= 4 is 34.4 Å². The fourth-order valence-corrected chi connectivity index (χ4v) is 1.64. The van der Waals surface area contributed by atoms with Gasteiger partial charge in [0.05, 0.1) is 6.54 Å². The molecule has 1 N–H and O–H groups in total. The SMILES string of the molecule is CSCCNCc1ccc(I)o1. The van der Waals surface area contributed by atoms with Crippen LogP contribution in [-0.4, -0.2) is 18.6 Å². The number of furan rings is 1. The summed E-state index contributed by atoms with van der Waals surface area (Å²) in [4.78, 5) is 0. The van der Waals surface area contributed by atoms with Crippen LogP contribution in [0.25, 0.3) is 0 Å². The predicted molar refractivity (Wildman–Crippen MR) is 61.5 cm³/mol. The third-order valence-corrected chi connectivity index (χ3v) is 2.60. The Morgan fingerprint density at radius 2 is 2.42 bits per heavy atom. The fourth-order valence-electron chi connectivity index (χ4n) is 0.833. The van der Waals surface area contributed by atoms with Gasteiger partial charge < -0.3 is 9.73 Å². The van der Waals surface area contributed by atoms with E-state index in [1.165, 1.54) is 0 Å². The van der Waals surface area contributed by atoms with Gasteiger partial charge in [-0.1, -0.05) is 0 Å². The molecule has 2 nitrogen and oxygen atoms in total. The highest BCUT2D eigenvalue weighted by molar-refractivity contribution is 14.1. The summed E-state index contributed by atoms with van der Waals surface area (Å²) in [5.41, 5.74) is 0. The Hall–Kier alpha value is 0.320. The second-order valence-corrected chi connectivity index (χ2v) is 4.42. The summed E-state index contributed by atoms with van der Waals surface area (Å²) in [6.07, 6.45) is 2.11. The standard InChI is InChI=1S/C8H12INOS/c1-12-5-4-10-6-7-2-3-8(9)11-7/h2-3,10H,4-6H2,1H3. The molecule has 0 amide bonds. The first-order chi connectivity index (χ1) is 5.83. The van der Waals surface area contributed by atoms with Crippen LogP contribution in [0.2, 0.25) is 0 Å². The van der Waals surface area contributed by atoms with Crippen LogP contribution in [0.3, 0.4) is 0 Å². The Bertz CT molecular complexity index is 227. The van der Waals surface area contributed by atoms with E-state index >= 15 is 0 Å². The quantitative estimate of drug-likeness (QED) is 0.667. The molecule has 0 radical (unpaired) electrons. The van der Waals surface area contributed by atoms with E-state index in [9.17, 15) is 0 Å². The summed E-state index contributed by atoms with van der Waals surface area (Å²) in [7, 11) is 0. The van der Waals surface area contributed by atoms with Crippen molar-refractivity contribution in [2.75, 3.05) is 18.6 Å². The third kappa shape index (κ3) is 3.82. The van der Waals surface area contributed by atoms with Crippen molar-refractivity contribution in [1.29, 1.82) is 0 Å². The maximum Gasteiger partial charge on any atom is 0.164 e. The molecule has 1 rings (SSSR count). The minimum Gasteiger partial charge on any atom is -0.454 e. The summed E-state index contributed by atoms with van der Waals surface area (Å²) in [5, 5.41) is 3.30. The summed E-state index contributed by atoms with van der Waals surface area (Å²) in [5.74, 6) is 2.16. The number of nitrogens with one attached hydrogen (secondary N) is 1. The maximum absolute atomic E-state index is 5.38. The van der Waals surface area contributed by atoms with Crippen LogP contribution in [0, 0.1) is 3.77 Å². The third-order valence-electron chi connectivity index (χ3n) is 1.41. The van der Waals surface area contributed by atoms with Gasteiger partial charge in [-0.25, -0.2) is 0 Å². The van der Waals surface area contributed by atoms with E-state index in [2.05, 4.69) is 34.2 Å². The van der Waals surface area contributed by atoms with Crippen LogP contribution in [0.4, 0.5) is 0 Å². The van der Waals surface area contributed by atoms with E-state index in [1.54, 1.807) is 0 Å². The predicted octanol–water partition coefficient (Wildman–Crippen LogP) is 2.34. The molecule has 0 saturated carbocycles. The number of rotatable bonds is 5. The van der Waals surface area contributed by atoms with Crippen molar-refractivity contribution < 1.29 is 4.42 Å². The van der Waals surface area contributed by atoms with Gasteiger partial charge in [0, 0.05) is 12.3 Å². The Kier molecular flexibility index (Phi) is 5.10. The van der Waals surface area contributed by atoms with Crippen LogP contribution < -0.4 is 5.32 Å². The van der Waals surface area contributed by atoms with Crippen LogP contribution in [0.5, 0.6) is 0 Å². The van der Waals surface area contributed by atoms with Crippen molar-refractivity contribution in [2.45, 2.75) is 6.54 Å². The lowest BCUT2D eigenvalue weighted by Gasteiger charge is -1.99. The molecule has 1 aromatic rings. The zero-order chi connectivity index (χ0) is 8.81. The molecule has 0 aliphatic heterocycles. The van der Waals surface area contributed by atoms with Gasteiger partial charge >= 0.3 is 0 Å². The molecule has 1 aromatic heterocycles. The lowest BCUT2D eigenvalue weighted by molar-refractivity contribution is 0.467. The second-order valence-electron chi connectivity index (χ2n) is 2.38. The van der Waals surface area contributed by atoms with E-state index in [0.717, 1.165) is 28.4 Å². The van der Waals surface area contributed by atoms with Crippen molar-refractivity contribution in [3.05, 3.63) is 21.7 Å². The van der Waals surface area contributed by atoms with E-state index in [4.69, 9.17) is 4.42 Å². The Labute approximate surface area is 90.6 Å². The van der Waals surface area contributed by atoms with Gasteiger partial charge in [0.25, 0.3) is 0 Å². The monoisotopic (exact) mass is 297 g/mol. The Morgan fingerprint density at radius 1 is 1.58 bits per heavy atom. The van der Waals surface area contributed by atoms with Crippen molar-refractivity contribution in [3.63, 3.8) is 0 Å². The minimum atomic E-state index is 0.837. The van der Waals surface area contributed by atoms with E-state index in [1.807, 2.05) is 23.9 Å². The number of hydrogen-bond donors (Lipinski definition) is 1. The number of hydrogen-bond acceptors (Lipinski definition) is 3. The van der Waals surface area contributed by atoms with Gasteiger partial charge in [0.1, 0.15) is 5.76 Å². The lowest BCUT2D eigenvalue weighted by Crippen LogP contribution is -2.15. The molecular formula is C8H12INOS.